The molecule has 1 aliphatic heterocycles. The molecule has 6 heteroatoms. The van der Waals surface area contributed by atoms with Crippen molar-refractivity contribution in [1.82, 2.24) is 5.32 Å². The van der Waals surface area contributed by atoms with E-state index < -0.39 is 0 Å². The lowest BCUT2D eigenvalue weighted by molar-refractivity contribution is -0.115. The first kappa shape index (κ1) is 16.3. The number of hydrogen-bond acceptors (Lipinski definition) is 2. The summed E-state index contributed by atoms with van der Waals surface area (Å²) in [5, 5.41) is 6.32. The minimum atomic E-state index is -0.0965. The highest BCUT2D eigenvalue weighted by Crippen LogP contribution is 2.20. The summed E-state index contributed by atoms with van der Waals surface area (Å²) < 4.78 is 0. The lowest BCUT2D eigenvalue weighted by atomic mass is 10.1. The molecule has 0 aromatic heterocycles. The molecular weight excluding hydrogens is 326 g/mol. The Bertz CT molecular complexity index is 729. The average Bonchev–Trinajstić information content (AvgIpc) is 2.58. The van der Waals surface area contributed by atoms with Crippen LogP contribution in [-0.2, 0) is 11.2 Å². The fraction of sp³-hybridized carbons (Fsp3) is 0.222. The molecule has 0 saturated carbocycles. The van der Waals surface area contributed by atoms with E-state index in [0.29, 0.717) is 23.8 Å². The van der Waals surface area contributed by atoms with Gasteiger partial charge in [-0.1, -0.05) is 23.7 Å². The highest BCUT2D eigenvalue weighted by Gasteiger charge is 2.18. The largest absolute Gasteiger partial charge is 0.338 e. The van der Waals surface area contributed by atoms with Gasteiger partial charge >= 0.3 is 6.03 Å². The Morgan fingerprint density at radius 1 is 1.12 bits per heavy atom. The number of amides is 3. The molecule has 2 aromatic carbocycles. The van der Waals surface area contributed by atoms with Gasteiger partial charge in [-0.15, -0.1) is 0 Å². The summed E-state index contributed by atoms with van der Waals surface area (Å²) >= 11 is 5.83. The Morgan fingerprint density at radius 3 is 2.50 bits per heavy atom. The summed E-state index contributed by atoms with van der Waals surface area (Å²) in [6, 6.07) is 14.4. The highest BCUT2D eigenvalue weighted by atomic mass is 35.5. The second kappa shape index (κ2) is 7.36. The van der Waals surface area contributed by atoms with Crippen LogP contribution in [-0.4, -0.2) is 25.0 Å². The average molecular weight is 344 g/mol. The quantitative estimate of drug-likeness (QED) is 0.893. The molecule has 24 heavy (non-hydrogen) atoms. The molecule has 1 fully saturated rings. The third kappa shape index (κ3) is 4.06. The first-order valence-electron chi connectivity index (χ1n) is 7.81. The maximum absolute atomic E-state index is 12.1. The van der Waals surface area contributed by atoms with E-state index in [9.17, 15) is 9.59 Å². The summed E-state index contributed by atoms with van der Waals surface area (Å²) in [7, 11) is 0. The van der Waals surface area contributed by atoms with E-state index in [1.54, 1.807) is 29.2 Å². The van der Waals surface area contributed by atoms with Gasteiger partial charge in [-0.3, -0.25) is 9.69 Å². The van der Waals surface area contributed by atoms with Gasteiger partial charge in [0.2, 0.25) is 5.91 Å². The van der Waals surface area contributed by atoms with E-state index in [2.05, 4.69) is 10.6 Å². The SMILES string of the molecule is O=C(Cc1ccc(Cl)cc1)Nc1ccc(N2CCCNC2=O)cc1. The van der Waals surface area contributed by atoms with Crippen LogP contribution >= 0.6 is 11.6 Å². The smallest absolute Gasteiger partial charge is 0.321 e. The lowest BCUT2D eigenvalue weighted by Gasteiger charge is -2.27. The molecule has 0 unspecified atom stereocenters. The highest BCUT2D eigenvalue weighted by molar-refractivity contribution is 6.30. The zero-order chi connectivity index (χ0) is 16.9. The Morgan fingerprint density at radius 2 is 1.83 bits per heavy atom. The predicted molar refractivity (Wildman–Crippen MR) is 95.6 cm³/mol. The van der Waals surface area contributed by atoms with E-state index in [0.717, 1.165) is 17.7 Å². The molecule has 2 N–H and O–H groups in total. The maximum atomic E-state index is 12.1. The van der Waals surface area contributed by atoms with Gasteiger partial charge in [0.15, 0.2) is 0 Å². The van der Waals surface area contributed by atoms with Crippen molar-refractivity contribution >= 4 is 34.9 Å². The second-order valence-electron chi connectivity index (χ2n) is 5.64. The summed E-state index contributed by atoms with van der Waals surface area (Å²) in [4.78, 5) is 25.6. The number of nitrogens with one attached hydrogen (secondary N) is 2. The second-order valence-corrected chi connectivity index (χ2v) is 6.07. The van der Waals surface area contributed by atoms with Crippen LogP contribution in [0.2, 0.25) is 5.02 Å². The van der Waals surface area contributed by atoms with E-state index >= 15 is 0 Å². The minimum absolute atomic E-state index is 0.0826. The number of carbonyl (C=O) groups is 2. The summed E-state index contributed by atoms with van der Waals surface area (Å²) in [6.45, 7) is 1.42. The topological polar surface area (TPSA) is 61.4 Å². The molecule has 1 aliphatic rings. The van der Waals surface area contributed by atoms with Crippen LogP contribution in [0.5, 0.6) is 0 Å². The standard InChI is InChI=1S/C18H18ClN3O2/c19-14-4-2-13(3-5-14)12-17(23)21-15-6-8-16(9-7-15)22-11-1-10-20-18(22)24/h2-9H,1,10-12H2,(H,20,24)(H,21,23). The minimum Gasteiger partial charge on any atom is -0.338 e. The number of nitrogens with zero attached hydrogens (tertiary/aromatic N) is 1. The van der Waals surface area contributed by atoms with Gasteiger partial charge in [-0.05, 0) is 48.4 Å². The zero-order valence-corrected chi connectivity index (χ0v) is 13.8. The van der Waals surface area contributed by atoms with Gasteiger partial charge in [-0.2, -0.15) is 0 Å². The van der Waals surface area contributed by atoms with Crippen LogP contribution < -0.4 is 15.5 Å². The number of urea groups is 1. The fourth-order valence-electron chi connectivity index (χ4n) is 2.59. The molecule has 0 radical (unpaired) electrons. The Labute approximate surface area is 145 Å². The van der Waals surface area contributed by atoms with Crippen molar-refractivity contribution in [3.8, 4) is 0 Å². The van der Waals surface area contributed by atoms with Crippen LogP contribution in [0.25, 0.3) is 0 Å². The van der Waals surface area contributed by atoms with Crippen LogP contribution in [0.15, 0.2) is 48.5 Å². The Hall–Kier alpha value is -2.53. The number of hydrogen-bond donors (Lipinski definition) is 2. The molecule has 1 heterocycles. The number of carbonyl (C=O) groups excluding carboxylic acids is 2. The summed E-state index contributed by atoms with van der Waals surface area (Å²) in [5.41, 5.74) is 2.43. The van der Waals surface area contributed by atoms with E-state index in [1.165, 1.54) is 0 Å². The van der Waals surface area contributed by atoms with Gasteiger partial charge in [-0.25, -0.2) is 4.79 Å². The van der Waals surface area contributed by atoms with Gasteiger partial charge in [0.05, 0.1) is 6.42 Å². The van der Waals surface area contributed by atoms with E-state index in [1.807, 2.05) is 24.3 Å². The normalized spacial score (nSPS) is 14.2. The van der Waals surface area contributed by atoms with Crippen molar-refractivity contribution < 1.29 is 9.59 Å². The monoisotopic (exact) mass is 343 g/mol. The van der Waals surface area contributed by atoms with Gasteiger partial charge < -0.3 is 10.6 Å². The third-order valence-corrected chi connectivity index (χ3v) is 4.07. The number of anilines is 2. The van der Waals surface area contributed by atoms with Gasteiger partial charge in [0.25, 0.3) is 0 Å². The molecule has 3 rings (SSSR count). The molecule has 5 nitrogen and oxygen atoms in total. The van der Waals surface area contributed by atoms with Gasteiger partial charge in [0, 0.05) is 29.5 Å². The number of halogens is 1. The van der Waals surface area contributed by atoms with Crippen LogP contribution in [0.3, 0.4) is 0 Å². The molecule has 0 bridgehead atoms. The van der Waals surface area contributed by atoms with Crippen LogP contribution in [0, 0.1) is 0 Å². The number of benzene rings is 2. The van der Waals surface area contributed by atoms with Crippen molar-refractivity contribution in [2.24, 2.45) is 0 Å². The maximum Gasteiger partial charge on any atom is 0.321 e. The molecule has 2 aromatic rings. The van der Waals surface area contributed by atoms with Crippen molar-refractivity contribution in [2.45, 2.75) is 12.8 Å². The Kier molecular flexibility index (Phi) is 5.01. The van der Waals surface area contributed by atoms with Gasteiger partial charge in [0.1, 0.15) is 0 Å². The molecule has 124 valence electrons. The molecular formula is C18H18ClN3O2. The van der Waals surface area contributed by atoms with E-state index in [-0.39, 0.29) is 18.4 Å². The summed E-state index contributed by atoms with van der Waals surface area (Å²) in [6.07, 6.45) is 1.21. The first-order chi connectivity index (χ1) is 11.6. The number of rotatable bonds is 4. The molecule has 1 saturated heterocycles. The van der Waals surface area contributed by atoms with Crippen molar-refractivity contribution in [2.75, 3.05) is 23.3 Å². The molecule has 0 spiro atoms. The molecule has 0 aliphatic carbocycles. The first-order valence-corrected chi connectivity index (χ1v) is 8.19. The van der Waals surface area contributed by atoms with E-state index in [4.69, 9.17) is 11.6 Å². The fourth-order valence-corrected chi connectivity index (χ4v) is 2.72. The third-order valence-electron chi connectivity index (χ3n) is 3.82. The lowest BCUT2D eigenvalue weighted by Crippen LogP contribution is -2.46. The van der Waals surface area contributed by atoms with Crippen molar-refractivity contribution in [3.05, 3.63) is 59.1 Å². The summed E-state index contributed by atoms with van der Waals surface area (Å²) in [5.74, 6) is -0.0965. The molecule has 0 atom stereocenters. The zero-order valence-electron chi connectivity index (χ0n) is 13.1. The molecule has 3 amide bonds. The van der Waals surface area contributed by atoms with Crippen molar-refractivity contribution in [3.63, 3.8) is 0 Å². The predicted octanol–water partition coefficient (Wildman–Crippen LogP) is 3.44. The Balaban J connectivity index is 1.60. The van der Waals surface area contributed by atoms with Crippen LogP contribution in [0.4, 0.5) is 16.2 Å². The van der Waals surface area contributed by atoms with Crippen molar-refractivity contribution in [1.29, 1.82) is 0 Å². The van der Waals surface area contributed by atoms with Crippen LogP contribution in [0.1, 0.15) is 12.0 Å².